The first-order valence-electron chi connectivity index (χ1n) is 12.5. The molecule has 0 bridgehead atoms. The third-order valence-corrected chi connectivity index (χ3v) is 12.1. The van der Waals surface area contributed by atoms with E-state index < -0.39 is 19.4 Å². The van der Waals surface area contributed by atoms with Crippen LogP contribution >= 0.6 is 0 Å². The fourth-order valence-electron chi connectivity index (χ4n) is 4.70. The van der Waals surface area contributed by atoms with E-state index >= 15 is 0 Å². The molecule has 0 spiro atoms. The van der Waals surface area contributed by atoms with Gasteiger partial charge in [0.2, 0.25) is 8.32 Å². The van der Waals surface area contributed by atoms with E-state index in [4.69, 9.17) is 4.43 Å². The average Bonchev–Trinajstić information content (AvgIpc) is 3.34. The Morgan fingerprint density at radius 3 is 2.27 bits per heavy atom. The van der Waals surface area contributed by atoms with Gasteiger partial charge in [-0.05, 0) is 59.6 Å². The topological polar surface area (TPSA) is 88.0 Å². The van der Waals surface area contributed by atoms with E-state index in [0.717, 1.165) is 22.6 Å². The quantitative estimate of drug-likeness (QED) is 0.236. The molecule has 0 saturated carbocycles. The Morgan fingerprint density at radius 2 is 1.65 bits per heavy atom. The molecule has 1 N–H and O–H groups in total. The summed E-state index contributed by atoms with van der Waals surface area (Å²) in [5.41, 5.74) is 6.98. The predicted octanol–water partition coefficient (Wildman–Crippen LogP) is 6.28. The number of fused-ring (bicyclic) bond motifs is 3. The van der Waals surface area contributed by atoms with Crippen LogP contribution in [0.5, 0.6) is 5.75 Å². The van der Waals surface area contributed by atoms with Crippen LogP contribution < -0.4 is 14.8 Å². The molecule has 192 valence electrons. The van der Waals surface area contributed by atoms with Gasteiger partial charge in [-0.15, -0.1) is 0 Å². The van der Waals surface area contributed by atoms with Crippen molar-refractivity contribution in [3.8, 4) is 5.75 Å². The van der Waals surface area contributed by atoms with Crippen molar-refractivity contribution in [1.29, 1.82) is 0 Å². The lowest BCUT2D eigenvalue weighted by Gasteiger charge is -2.36. The van der Waals surface area contributed by atoms with Crippen molar-refractivity contribution in [2.24, 2.45) is 0 Å². The SMILES string of the molecule is CC(C)(C)[Si](C)(C)Oc1ccc([C@H]2N(Nc3ccc([N+](=O)[O-])cc3)C(=O)[C@@H]3Cc4ccccc4N32)cc1. The minimum absolute atomic E-state index is 0.00159. The van der Waals surface area contributed by atoms with Crippen LogP contribution in [0, 0.1) is 10.1 Å². The Labute approximate surface area is 218 Å². The number of rotatable bonds is 6. The lowest BCUT2D eigenvalue weighted by atomic mass is 10.1. The molecule has 1 fully saturated rings. The lowest BCUT2D eigenvalue weighted by Crippen LogP contribution is -2.43. The molecule has 2 aliphatic rings. The van der Waals surface area contributed by atoms with Crippen molar-refractivity contribution in [3.05, 3.63) is 94.0 Å². The van der Waals surface area contributed by atoms with Gasteiger partial charge in [0.1, 0.15) is 11.8 Å². The summed E-state index contributed by atoms with van der Waals surface area (Å²) >= 11 is 0. The molecule has 2 aliphatic heterocycles. The second-order valence-electron chi connectivity index (χ2n) is 11.2. The maximum atomic E-state index is 13.7. The van der Waals surface area contributed by atoms with Crippen LogP contribution in [-0.2, 0) is 11.2 Å². The fraction of sp³-hybridized carbons (Fsp3) is 0.321. The normalized spacial score (nSPS) is 19.0. The van der Waals surface area contributed by atoms with Gasteiger partial charge in [0, 0.05) is 24.2 Å². The zero-order valence-electron chi connectivity index (χ0n) is 21.8. The van der Waals surface area contributed by atoms with Crippen LogP contribution in [-0.4, -0.2) is 30.2 Å². The monoisotopic (exact) mass is 516 g/mol. The molecule has 0 unspecified atom stereocenters. The minimum atomic E-state index is -1.99. The van der Waals surface area contributed by atoms with Gasteiger partial charge in [0.05, 0.1) is 10.6 Å². The van der Waals surface area contributed by atoms with E-state index in [2.05, 4.69) is 56.3 Å². The maximum Gasteiger partial charge on any atom is 0.269 e. The molecule has 37 heavy (non-hydrogen) atoms. The molecular weight excluding hydrogens is 484 g/mol. The van der Waals surface area contributed by atoms with Gasteiger partial charge >= 0.3 is 0 Å². The van der Waals surface area contributed by atoms with Gasteiger partial charge < -0.3 is 9.33 Å². The van der Waals surface area contributed by atoms with Crippen molar-refractivity contribution >= 4 is 31.3 Å². The number of nitrogens with zero attached hydrogens (tertiary/aromatic N) is 3. The Bertz CT molecular complexity index is 1340. The van der Waals surface area contributed by atoms with Gasteiger partial charge in [-0.2, -0.15) is 0 Å². The number of carbonyl (C=O) groups is 1. The number of hydrogen-bond acceptors (Lipinski definition) is 6. The maximum absolute atomic E-state index is 13.7. The number of nitro groups is 1. The molecule has 2 heterocycles. The standard InChI is InChI=1S/C28H32N4O4Si/c1-28(2,3)37(4,5)36-23-16-10-19(11-17-23)26-30-24-9-7-6-8-20(24)18-25(30)27(33)31(26)29-21-12-14-22(15-13-21)32(34)35/h6-17,25-26,29H,18H2,1-5H3/t25-,26+/m0/s1. The number of hydrogen-bond donors (Lipinski definition) is 1. The van der Waals surface area contributed by atoms with E-state index in [1.165, 1.54) is 12.1 Å². The number of hydrazine groups is 1. The van der Waals surface area contributed by atoms with Crippen LogP contribution in [0.15, 0.2) is 72.8 Å². The Kier molecular flexibility index (Phi) is 5.98. The highest BCUT2D eigenvalue weighted by Crippen LogP contribution is 2.46. The van der Waals surface area contributed by atoms with Gasteiger partial charge in [0.25, 0.3) is 11.6 Å². The highest BCUT2D eigenvalue weighted by atomic mass is 28.4. The third kappa shape index (κ3) is 4.44. The zero-order valence-corrected chi connectivity index (χ0v) is 22.8. The number of nitrogens with one attached hydrogen (secondary N) is 1. The second kappa shape index (κ2) is 8.91. The molecule has 3 aromatic carbocycles. The van der Waals surface area contributed by atoms with Crippen molar-refractivity contribution in [2.75, 3.05) is 10.3 Å². The van der Waals surface area contributed by atoms with E-state index in [-0.39, 0.29) is 22.7 Å². The molecular formula is C28H32N4O4Si. The predicted molar refractivity (Wildman–Crippen MR) is 147 cm³/mol. The van der Waals surface area contributed by atoms with Gasteiger partial charge in [-0.3, -0.25) is 20.3 Å². The summed E-state index contributed by atoms with van der Waals surface area (Å²) in [5, 5.41) is 12.8. The molecule has 1 amide bonds. The molecule has 1 saturated heterocycles. The van der Waals surface area contributed by atoms with Crippen molar-refractivity contribution in [2.45, 2.75) is 57.5 Å². The van der Waals surface area contributed by atoms with Crippen molar-refractivity contribution in [1.82, 2.24) is 5.01 Å². The Balaban J connectivity index is 1.49. The molecule has 0 aliphatic carbocycles. The highest BCUT2D eigenvalue weighted by Gasteiger charge is 2.51. The highest BCUT2D eigenvalue weighted by molar-refractivity contribution is 6.74. The van der Waals surface area contributed by atoms with Crippen LogP contribution in [0.2, 0.25) is 18.1 Å². The van der Waals surface area contributed by atoms with Gasteiger partial charge in [-0.1, -0.05) is 51.1 Å². The summed E-state index contributed by atoms with van der Waals surface area (Å²) in [6.07, 6.45) is 0.245. The first-order chi connectivity index (χ1) is 17.5. The molecule has 8 nitrogen and oxygen atoms in total. The van der Waals surface area contributed by atoms with Crippen molar-refractivity contribution < 1.29 is 14.1 Å². The third-order valence-electron chi connectivity index (χ3n) is 7.73. The summed E-state index contributed by atoms with van der Waals surface area (Å²) in [4.78, 5) is 26.5. The van der Waals surface area contributed by atoms with E-state index in [0.29, 0.717) is 12.1 Å². The number of non-ortho nitro benzene ring substituents is 1. The Morgan fingerprint density at radius 1 is 1.00 bits per heavy atom. The molecule has 9 heteroatoms. The van der Waals surface area contributed by atoms with Crippen LogP contribution in [0.25, 0.3) is 0 Å². The Hall–Kier alpha value is -3.85. The summed E-state index contributed by atoms with van der Waals surface area (Å²) in [7, 11) is -1.99. The summed E-state index contributed by atoms with van der Waals surface area (Å²) in [6, 6.07) is 21.9. The smallest absolute Gasteiger partial charge is 0.269 e. The number of benzene rings is 3. The molecule has 0 radical (unpaired) electrons. The fourth-order valence-corrected chi connectivity index (χ4v) is 5.73. The number of nitro benzene ring substituents is 1. The first kappa shape index (κ1) is 24.8. The number of amides is 1. The van der Waals surface area contributed by atoms with E-state index in [9.17, 15) is 14.9 Å². The van der Waals surface area contributed by atoms with Crippen LogP contribution in [0.4, 0.5) is 17.1 Å². The largest absolute Gasteiger partial charge is 0.544 e. The van der Waals surface area contributed by atoms with Gasteiger partial charge in [0.15, 0.2) is 6.17 Å². The van der Waals surface area contributed by atoms with Crippen LogP contribution in [0.3, 0.4) is 0 Å². The molecule has 0 aromatic heterocycles. The molecule has 3 aromatic rings. The first-order valence-corrected chi connectivity index (χ1v) is 15.4. The summed E-state index contributed by atoms with van der Waals surface area (Å²) in [5.74, 6) is 0.786. The zero-order chi connectivity index (χ0) is 26.5. The average molecular weight is 517 g/mol. The minimum Gasteiger partial charge on any atom is -0.544 e. The number of carbonyl (C=O) groups excluding carboxylic acids is 1. The number of anilines is 2. The van der Waals surface area contributed by atoms with Crippen LogP contribution in [0.1, 0.15) is 38.1 Å². The van der Waals surface area contributed by atoms with Crippen molar-refractivity contribution in [3.63, 3.8) is 0 Å². The second-order valence-corrected chi connectivity index (χ2v) is 15.9. The van der Waals surface area contributed by atoms with E-state index in [1.807, 2.05) is 36.4 Å². The molecule has 5 rings (SSSR count). The molecule has 2 atom stereocenters. The van der Waals surface area contributed by atoms with Gasteiger partial charge in [-0.25, -0.2) is 5.01 Å². The van der Waals surface area contributed by atoms with E-state index in [1.54, 1.807) is 17.1 Å². The lowest BCUT2D eigenvalue weighted by molar-refractivity contribution is -0.384. The summed E-state index contributed by atoms with van der Waals surface area (Å²) < 4.78 is 6.48. The summed E-state index contributed by atoms with van der Waals surface area (Å²) in [6.45, 7) is 11.1. The number of para-hydroxylation sites is 1.